The van der Waals surface area contributed by atoms with Crippen molar-refractivity contribution in [2.75, 3.05) is 33.0 Å². The van der Waals surface area contributed by atoms with Crippen LogP contribution in [-0.4, -0.2) is 142 Å². The molecule has 0 saturated carbocycles. The van der Waals surface area contributed by atoms with E-state index in [0.29, 0.717) is 6.61 Å². The number of aliphatic hydroxyl groups excluding tert-OH is 7. The van der Waals surface area contributed by atoms with E-state index >= 15 is 0 Å². The minimum absolute atomic E-state index is 0.0706. The highest BCUT2D eigenvalue weighted by atomic mass is 16.7. The van der Waals surface area contributed by atoms with Crippen molar-refractivity contribution in [3.63, 3.8) is 0 Å². The van der Waals surface area contributed by atoms with Crippen LogP contribution in [0.4, 0.5) is 0 Å². The molecule has 0 aromatic rings. The molecular formula is C53H102O14. The van der Waals surface area contributed by atoms with E-state index in [1.165, 1.54) is 167 Å². The number of esters is 1. The minimum atomic E-state index is -1.70. The van der Waals surface area contributed by atoms with Crippen LogP contribution in [0, 0.1) is 0 Å². The quantitative estimate of drug-likeness (QED) is 0.0224. The molecule has 7 N–H and O–H groups in total. The second-order valence-corrected chi connectivity index (χ2v) is 19.8. The van der Waals surface area contributed by atoms with Gasteiger partial charge in [-0.15, -0.1) is 0 Å². The van der Waals surface area contributed by atoms with Crippen LogP contribution >= 0.6 is 0 Å². The molecule has 0 radical (unpaired) electrons. The number of ether oxygens (including phenoxy) is 6. The van der Waals surface area contributed by atoms with Crippen molar-refractivity contribution < 1.29 is 69.0 Å². The molecule has 67 heavy (non-hydrogen) atoms. The summed E-state index contributed by atoms with van der Waals surface area (Å²) in [6, 6.07) is 0. The first-order chi connectivity index (χ1) is 32.6. The van der Waals surface area contributed by atoms with Crippen molar-refractivity contribution in [3.8, 4) is 0 Å². The van der Waals surface area contributed by atoms with Gasteiger partial charge < -0.3 is 64.2 Å². The van der Waals surface area contributed by atoms with Crippen molar-refractivity contribution in [1.82, 2.24) is 0 Å². The molecule has 0 spiro atoms. The third-order valence-corrected chi connectivity index (χ3v) is 13.6. The van der Waals surface area contributed by atoms with E-state index in [4.69, 9.17) is 28.4 Å². The molecule has 398 valence electrons. The van der Waals surface area contributed by atoms with E-state index in [1.807, 2.05) is 0 Å². The number of aliphatic hydroxyl groups is 7. The van der Waals surface area contributed by atoms with Gasteiger partial charge in [0, 0.05) is 13.0 Å². The molecule has 2 heterocycles. The lowest BCUT2D eigenvalue weighted by Gasteiger charge is -2.42. The van der Waals surface area contributed by atoms with Gasteiger partial charge in [0.2, 0.25) is 0 Å². The monoisotopic (exact) mass is 963 g/mol. The molecule has 2 rings (SSSR count). The molecule has 0 aliphatic carbocycles. The molecule has 11 atom stereocenters. The van der Waals surface area contributed by atoms with Gasteiger partial charge in [-0.25, -0.2) is 0 Å². The van der Waals surface area contributed by atoms with E-state index in [-0.39, 0.29) is 25.6 Å². The molecule has 0 bridgehead atoms. The second kappa shape index (κ2) is 41.6. The molecule has 0 amide bonds. The summed E-state index contributed by atoms with van der Waals surface area (Å²) >= 11 is 0. The Bertz CT molecular complexity index is 1120. The number of hydrogen-bond acceptors (Lipinski definition) is 14. The van der Waals surface area contributed by atoms with E-state index in [2.05, 4.69) is 13.8 Å². The van der Waals surface area contributed by atoms with Gasteiger partial charge in [0.25, 0.3) is 0 Å². The molecule has 11 unspecified atom stereocenters. The van der Waals surface area contributed by atoms with Crippen molar-refractivity contribution >= 4 is 5.97 Å². The van der Waals surface area contributed by atoms with Gasteiger partial charge in [-0.3, -0.25) is 4.79 Å². The summed E-state index contributed by atoms with van der Waals surface area (Å²) < 4.78 is 34.4. The summed E-state index contributed by atoms with van der Waals surface area (Å²) in [4.78, 5) is 13.0. The van der Waals surface area contributed by atoms with E-state index in [0.717, 1.165) is 44.9 Å². The maximum absolute atomic E-state index is 13.0. The Morgan fingerprint density at radius 2 is 0.791 bits per heavy atom. The molecule has 0 aromatic heterocycles. The normalized spacial score (nSPS) is 26.0. The zero-order valence-electron chi connectivity index (χ0n) is 42.4. The maximum Gasteiger partial charge on any atom is 0.306 e. The Kier molecular flexibility index (Phi) is 38.6. The first-order valence-electron chi connectivity index (χ1n) is 27.6. The van der Waals surface area contributed by atoms with Crippen LogP contribution in [0.3, 0.4) is 0 Å². The van der Waals surface area contributed by atoms with Crippen molar-refractivity contribution in [3.05, 3.63) is 0 Å². The first-order valence-corrected chi connectivity index (χ1v) is 27.6. The van der Waals surface area contributed by atoms with Crippen molar-refractivity contribution in [1.29, 1.82) is 0 Å². The number of hydrogen-bond donors (Lipinski definition) is 7. The Morgan fingerprint density at radius 1 is 0.433 bits per heavy atom. The van der Waals surface area contributed by atoms with Crippen LogP contribution in [-0.2, 0) is 33.2 Å². The van der Waals surface area contributed by atoms with Gasteiger partial charge >= 0.3 is 5.97 Å². The highest BCUT2D eigenvalue weighted by Gasteiger charge is 2.47. The molecule has 14 nitrogen and oxygen atoms in total. The second-order valence-electron chi connectivity index (χ2n) is 19.8. The zero-order valence-corrected chi connectivity index (χ0v) is 42.4. The number of carbonyl (C=O) groups excluding carboxylic acids is 1. The summed E-state index contributed by atoms with van der Waals surface area (Å²) in [5.41, 5.74) is 0. The van der Waals surface area contributed by atoms with Gasteiger partial charge in [0.15, 0.2) is 12.6 Å². The highest BCUT2D eigenvalue weighted by molar-refractivity contribution is 5.69. The Morgan fingerprint density at radius 3 is 1.21 bits per heavy atom. The molecular weight excluding hydrogens is 861 g/mol. The van der Waals surface area contributed by atoms with Crippen LogP contribution < -0.4 is 0 Å². The van der Waals surface area contributed by atoms with Crippen LogP contribution in [0.1, 0.15) is 232 Å². The summed E-state index contributed by atoms with van der Waals surface area (Å²) in [5.74, 6) is -0.369. The molecule has 2 fully saturated rings. The Balaban J connectivity index is 1.73. The topological polar surface area (TPSA) is 214 Å². The predicted molar refractivity (Wildman–Crippen MR) is 261 cm³/mol. The van der Waals surface area contributed by atoms with Gasteiger partial charge in [-0.05, 0) is 12.8 Å². The van der Waals surface area contributed by atoms with E-state index < -0.39 is 80.7 Å². The van der Waals surface area contributed by atoms with E-state index in [1.54, 1.807) is 0 Å². The van der Waals surface area contributed by atoms with Crippen LogP contribution in [0.2, 0.25) is 0 Å². The summed E-state index contributed by atoms with van der Waals surface area (Å²) in [6.07, 6.45) is 25.9. The van der Waals surface area contributed by atoms with Gasteiger partial charge in [0.05, 0.1) is 26.4 Å². The highest BCUT2D eigenvalue weighted by Crippen LogP contribution is 2.27. The molecule has 14 heteroatoms. The lowest BCUT2D eigenvalue weighted by atomic mass is 9.98. The predicted octanol–water partition coefficient (Wildman–Crippen LogP) is 8.86. The fourth-order valence-corrected chi connectivity index (χ4v) is 9.11. The molecule has 2 saturated heterocycles. The minimum Gasteiger partial charge on any atom is -0.457 e. The van der Waals surface area contributed by atoms with E-state index in [9.17, 15) is 40.5 Å². The summed E-state index contributed by atoms with van der Waals surface area (Å²) in [6.45, 7) is 3.75. The maximum atomic E-state index is 13.0. The van der Waals surface area contributed by atoms with Crippen LogP contribution in [0.25, 0.3) is 0 Å². The molecule has 2 aliphatic rings. The van der Waals surface area contributed by atoms with Crippen molar-refractivity contribution in [2.45, 2.75) is 300 Å². The number of carbonyl (C=O) groups is 1. The number of rotatable bonds is 45. The average Bonchev–Trinajstić information content (AvgIpc) is 3.32. The van der Waals surface area contributed by atoms with Gasteiger partial charge in [0.1, 0.15) is 54.9 Å². The lowest BCUT2D eigenvalue weighted by Crippen LogP contribution is -2.61. The van der Waals surface area contributed by atoms with Crippen LogP contribution in [0.15, 0.2) is 0 Å². The fraction of sp³-hybridized carbons (Fsp3) is 0.981. The first kappa shape index (κ1) is 62.1. The lowest BCUT2D eigenvalue weighted by molar-refractivity contribution is -0.332. The third kappa shape index (κ3) is 29.2. The van der Waals surface area contributed by atoms with Crippen molar-refractivity contribution in [2.24, 2.45) is 0 Å². The number of unbranched alkanes of at least 4 members (excludes halogenated alkanes) is 31. The zero-order chi connectivity index (χ0) is 48.7. The van der Waals surface area contributed by atoms with Crippen LogP contribution in [0.5, 0.6) is 0 Å². The molecule has 2 aliphatic heterocycles. The standard InChI is InChI=1S/C53H102O14/c1-3-5-7-9-11-13-15-17-19-21-22-24-26-28-30-32-34-36-45(55)65-42(39-62-37-35-33-31-29-27-25-23-20-18-16-14-12-10-8-6-4-2)40-63-52-51(61)49(59)47(57)44(67-52)41-64-53-50(60)48(58)46(56)43(38-54)66-53/h42-44,46-54,56-61H,3-41H2,1-2H3. The molecule has 0 aromatic carbocycles. The Labute approximate surface area is 406 Å². The summed E-state index contributed by atoms with van der Waals surface area (Å²) in [7, 11) is 0. The smallest absolute Gasteiger partial charge is 0.306 e. The fourth-order valence-electron chi connectivity index (χ4n) is 9.11. The van der Waals surface area contributed by atoms with Gasteiger partial charge in [-0.1, -0.05) is 213 Å². The largest absolute Gasteiger partial charge is 0.457 e. The third-order valence-electron chi connectivity index (χ3n) is 13.6. The average molecular weight is 963 g/mol. The SMILES string of the molecule is CCCCCCCCCCCCCCCCCCCC(=O)OC(COCCCCCCCCCCCCCCCCCC)COC1OC(COC2OC(CO)C(O)C(O)C2O)C(O)C(O)C1O. The van der Waals surface area contributed by atoms with Gasteiger partial charge in [-0.2, -0.15) is 0 Å². The Hall–Kier alpha value is -1.01. The summed E-state index contributed by atoms with van der Waals surface area (Å²) in [5, 5.41) is 72.2.